The number of carbonyl (C=O) groups is 1. The van der Waals surface area contributed by atoms with Gasteiger partial charge in [-0.25, -0.2) is 4.39 Å². The molecule has 0 saturated heterocycles. The lowest BCUT2D eigenvalue weighted by molar-refractivity contribution is -0.143. The Morgan fingerprint density at radius 3 is 2.76 bits per heavy atom. The van der Waals surface area contributed by atoms with Crippen LogP contribution < -0.4 is 10.5 Å². The van der Waals surface area contributed by atoms with Crippen LogP contribution in [0.15, 0.2) is 24.3 Å². The molecule has 17 heavy (non-hydrogen) atoms. The van der Waals surface area contributed by atoms with Gasteiger partial charge in [0.15, 0.2) is 11.6 Å². The van der Waals surface area contributed by atoms with Gasteiger partial charge in [-0.15, -0.1) is 0 Å². The zero-order valence-electron chi connectivity index (χ0n) is 9.65. The highest BCUT2D eigenvalue weighted by Crippen LogP contribution is 2.16. The second-order valence-electron chi connectivity index (χ2n) is 4.11. The van der Waals surface area contributed by atoms with E-state index in [9.17, 15) is 9.18 Å². The number of ether oxygens (including phenoxy) is 1. The number of nitrogens with two attached hydrogens (primary N) is 1. The van der Waals surface area contributed by atoms with Crippen LogP contribution in [-0.2, 0) is 4.79 Å². The number of carboxylic acids is 1. The number of hydrogen-bond acceptors (Lipinski definition) is 3. The average Bonchev–Trinajstić information content (AvgIpc) is 2.26. The second-order valence-corrected chi connectivity index (χ2v) is 4.11. The molecule has 1 rings (SSSR count). The molecule has 0 amide bonds. The van der Waals surface area contributed by atoms with Crippen LogP contribution in [0.3, 0.4) is 0 Å². The zero-order chi connectivity index (χ0) is 12.9. The van der Waals surface area contributed by atoms with Crippen molar-refractivity contribution in [2.24, 2.45) is 5.73 Å². The smallest absolute Gasteiger partial charge is 0.323 e. The van der Waals surface area contributed by atoms with Crippen LogP contribution in [-0.4, -0.2) is 23.2 Å². The summed E-state index contributed by atoms with van der Waals surface area (Å²) in [5, 5.41) is 8.78. The van der Waals surface area contributed by atoms with Crippen molar-refractivity contribution in [3.05, 3.63) is 30.1 Å². The van der Waals surface area contributed by atoms with Crippen LogP contribution >= 0.6 is 0 Å². The molecule has 0 aliphatic rings. The summed E-state index contributed by atoms with van der Waals surface area (Å²) in [6.45, 7) is 1.68. The molecule has 1 unspecified atom stereocenters. The Morgan fingerprint density at radius 2 is 2.18 bits per heavy atom. The van der Waals surface area contributed by atoms with Gasteiger partial charge < -0.3 is 15.6 Å². The Bertz CT molecular complexity index is 393. The van der Waals surface area contributed by atoms with E-state index in [0.29, 0.717) is 6.42 Å². The van der Waals surface area contributed by atoms with Gasteiger partial charge in [-0.3, -0.25) is 4.79 Å². The van der Waals surface area contributed by atoms with E-state index in [0.717, 1.165) is 0 Å². The van der Waals surface area contributed by atoms with Gasteiger partial charge in [0.2, 0.25) is 0 Å². The topological polar surface area (TPSA) is 72.5 Å². The van der Waals surface area contributed by atoms with Crippen LogP contribution in [0.25, 0.3) is 0 Å². The minimum atomic E-state index is -1.27. The molecule has 0 aliphatic heterocycles. The summed E-state index contributed by atoms with van der Waals surface area (Å²) in [7, 11) is 0. The number of rotatable bonds is 6. The molecule has 0 radical (unpaired) electrons. The molecule has 1 aromatic rings. The van der Waals surface area contributed by atoms with E-state index >= 15 is 0 Å². The molecular formula is C12H16FNO3. The minimum Gasteiger partial charge on any atom is -0.491 e. The largest absolute Gasteiger partial charge is 0.491 e. The predicted octanol–water partition coefficient (Wildman–Crippen LogP) is 1.79. The maximum Gasteiger partial charge on any atom is 0.323 e. The first-order chi connectivity index (χ1) is 7.93. The molecule has 94 valence electrons. The molecule has 4 nitrogen and oxygen atoms in total. The van der Waals surface area contributed by atoms with E-state index in [2.05, 4.69) is 0 Å². The van der Waals surface area contributed by atoms with Gasteiger partial charge in [-0.05, 0) is 31.9 Å². The third-order valence-corrected chi connectivity index (χ3v) is 2.42. The summed E-state index contributed by atoms with van der Waals surface area (Å²) in [5.41, 5.74) is 4.27. The lowest BCUT2D eigenvalue weighted by Crippen LogP contribution is -2.44. The monoisotopic (exact) mass is 241 g/mol. The Morgan fingerprint density at radius 1 is 1.53 bits per heavy atom. The molecule has 0 heterocycles. The molecular weight excluding hydrogens is 225 g/mol. The molecule has 0 spiro atoms. The Labute approximate surface area is 99.2 Å². The summed E-state index contributed by atoms with van der Waals surface area (Å²) in [6, 6.07) is 6.07. The molecule has 1 atom stereocenters. The average molecular weight is 241 g/mol. The fraction of sp³-hybridized carbons (Fsp3) is 0.417. The van der Waals surface area contributed by atoms with Crippen LogP contribution in [0, 0.1) is 5.82 Å². The second kappa shape index (κ2) is 5.63. The van der Waals surface area contributed by atoms with Crippen molar-refractivity contribution in [2.75, 3.05) is 6.61 Å². The molecule has 0 aliphatic carbocycles. The van der Waals surface area contributed by atoms with Crippen molar-refractivity contribution < 1.29 is 19.0 Å². The maximum atomic E-state index is 13.1. The summed E-state index contributed by atoms with van der Waals surface area (Å²) in [5.74, 6) is -1.31. The lowest BCUT2D eigenvalue weighted by atomic mass is 9.98. The Hall–Kier alpha value is -1.62. The molecule has 1 aromatic carbocycles. The highest BCUT2D eigenvalue weighted by atomic mass is 19.1. The van der Waals surface area contributed by atoms with Crippen LogP contribution in [0.4, 0.5) is 4.39 Å². The van der Waals surface area contributed by atoms with E-state index in [1.807, 2.05) is 0 Å². The first-order valence-corrected chi connectivity index (χ1v) is 5.33. The van der Waals surface area contributed by atoms with Gasteiger partial charge in [-0.1, -0.05) is 12.1 Å². The fourth-order valence-corrected chi connectivity index (χ4v) is 1.29. The number of aliphatic carboxylic acids is 1. The molecule has 3 N–H and O–H groups in total. The maximum absolute atomic E-state index is 13.1. The summed E-state index contributed by atoms with van der Waals surface area (Å²) < 4.78 is 18.3. The first kappa shape index (κ1) is 13.4. The Kier molecular flexibility index (Phi) is 4.45. The van der Waals surface area contributed by atoms with E-state index in [1.165, 1.54) is 19.1 Å². The SMILES string of the molecule is CC(N)(CCCOc1ccccc1F)C(=O)O. The number of para-hydroxylation sites is 1. The van der Waals surface area contributed by atoms with Crippen LogP contribution in [0.2, 0.25) is 0 Å². The number of benzene rings is 1. The van der Waals surface area contributed by atoms with Crippen molar-refractivity contribution in [3.63, 3.8) is 0 Å². The summed E-state index contributed by atoms with van der Waals surface area (Å²) in [6.07, 6.45) is 0.727. The van der Waals surface area contributed by atoms with Crippen LogP contribution in [0.1, 0.15) is 19.8 Å². The van der Waals surface area contributed by atoms with E-state index < -0.39 is 17.3 Å². The highest BCUT2D eigenvalue weighted by Gasteiger charge is 2.26. The third kappa shape index (κ3) is 4.03. The summed E-state index contributed by atoms with van der Waals surface area (Å²) in [4.78, 5) is 10.7. The van der Waals surface area contributed by atoms with Gasteiger partial charge in [0.25, 0.3) is 0 Å². The number of hydrogen-bond donors (Lipinski definition) is 2. The number of carboxylic acid groups (broad SMARTS) is 1. The van der Waals surface area contributed by atoms with Crippen molar-refractivity contribution in [1.82, 2.24) is 0 Å². The lowest BCUT2D eigenvalue weighted by Gasteiger charge is -2.18. The fourth-order valence-electron chi connectivity index (χ4n) is 1.29. The highest BCUT2D eigenvalue weighted by molar-refractivity contribution is 5.77. The quantitative estimate of drug-likeness (QED) is 0.745. The van der Waals surface area contributed by atoms with Gasteiger partial charge in [0.05, 0.1) is 6.61 Å². The normalized spacial score (nSPS) is 14.1. The zero-order valence-corrected chi connectivity index (χ0v) is 9.65. The van der Waals surface area contributed by atoms with Crippen molar-refractivity contribution >= 4 is 5.97 Å². The van der Waals surface area contributed by atoms with Crippen molar-refractivity contribution in [2.45, 2.75) is 25.3 Å². The van der Waals surface area contributed by atoms with E-state index in [4.69, 9.17) is 15.6 Å². The van der Waals surface area contributed by atoms with Crippen LogP contribution in [0.5, 0.6) is 5.75 Å². The van der Waals surface area contributed by atoms with E-state index in [-0.39, 0.29) is 18.8 Å². The standard InChI is InChI=1S/C12H16FNO3/c1-12(14,11(15)16)7-4-8-17-10-6-3-2-5-9(10)13/h2-3,5-6H,4,7-8,14H2,1H3,(H,15,16). The molecule has 0 aromatic heterocycles. The summed E-state index contributed by atoms with van der Waals surface area (Å²) >= 11 is 0. The predicted molar refractivity (Wildman–Crippen MR) is 61.4 cm³/mol. The van der Waals surface area contributed by atoms with Crippen molar-refractivity contribution in [1.29, 1.82) is 0 Å². The van der Waals surface area contributed by atoms with Gasteiger partial charge in [0, 0.05) is 0 Å². The third-order valence-electron chi connectivity index (χ3n) is 2.42. The van der Waals surface area contributed by atoms with Gasteiger partial charge in [0.1, 0.15) is 5.54 Å². The molecule has 0 saturated carbocycles. The Balaban J connectivity index is 2.35. The van der Waals surface area contributed by atoms with Gasteiger partial charge >= 0.3 is 5.97 Å². The molecule has 0 bridgehead atoms. The first-order valence-electron chi connectivity index (χ1n) is 5.33. The minimum absolute atomic E-state index is 0.168. The van der Waals surface area contributed by atoms with Gasteiger partial charge in [-0.2, -0.15) is 0 Å². The number of halogens is 1. The molecule has 5 heteroatoms. The van der Waals surface area contributed by atoms with E-state index in [1.54, 1.807) is 12.1 Å². The van der Waals surface area contributed by atoms with Crippen molar-refractivity contribution in [3.8, 4) is 5.75 Å². The molecule has 0 fully saturated rings.